The number of fused-ring (bicyclic) bond motifs is 1. The number of thiophene rings is 1. The molecular weight excluding hydrogens is 384 g/mol. The normalized spacial score (nSPS) is 19.6. The molecular formula is C20H15ClN2O3S. The fraction of sp³-hybridized carbons (Fsp3) is 0.150. The predicted molar refractivity (Wildman–Crippen MR) is 105 cm³/mol. The lowest BCUT2D eigenvalue weighted by atomic mass is 9.88. The van der Waals surface area contributed by atoms with Crippen molar-refractivity contribution in [1.29, 1.82) is 0 Å². The number of urea groups is 1. The van der Waals surface area contributed by atoms with Crippen LogP contribution in [0.1, 0.15) is 22.2 Å². The molecule has 0 bridgehead atoms. The molecule has 0 saturated carbocycles. The third-order valence-corrected chi connectivity index (χ3v) is 6.03. The van der Waals surface area contributed by atoms with Gasteiger partial charge in [0.05, 0.1) is 15.8 Å². The van der Waals surface area contributed by atoms with E-state index in [1.807, 2.05) is 42.5 Å². The van der Waals surface area contributed by atoms with Crippen molar-refractivity contribution in [3.63, 3.8) is 0 Å². The topological polar surface area (TPSA) is 66.5 Å². The Morgan fingerprint density at radius 1 is 1.11 bits per heavy atom. The lowest BCUT2D eigenvalue weighted by molar-refractivity contribution is -0.130. The van der Waals surface area contributed by atoms with E-state index in [0.29, 0.717) is 14.8 Å². The maximum atomic E-state index is 13.1. The van der Waals surface area contributed by atoms with E-state index >= 15 is 0 Å². The molecule has 3 amide bonds. The summed E-state index contributed by atoms with van der Waals surface area (Å²) in [4.78, 5) is 39.5. The molecule has 1 saturated heterocycles. The Bertz CT molecular complexity index is 1090. The van der Waals surface area contributed by atoms with Crippen LogP contribution in [0.15, 0.2) is 54.6 Å². The van der Waals surface area contributed by atoms with Gasteiger partial charge in [-0.2, -0.15) is 0 Å². The van der Waals surface area contributed by atoms with Gasteiger partial charge in [0.2, 0.25) is 0 Å². The fourth-order valence-electron chi connectivity index (χ4n) is 3.37. The SMILES string of the molecule is CC1(c2cccc3ccccc23)NC(=O)N(CC(=O)c2ccc(Cl)s2)C1=O. The van der Waals surface area contributed by atoms with Crippen molar-refractivity contribution < 1.29 is 14.4 Å². The van der Waals surface area contributed by atoms with Crippen molar-refractivity contribution >= 4 is 51.4 Å². The Morgan fingerprint density at radius 2 is 1.85 bits per heavy atom. The number of halogens is 1. The van der Waals surface area contributed by atoms with E-state index in [-0.39, 0.29) is 12.3 Å². The molecule has 2 aromatic carbocycles. The number of rotatable bonds is 4. The van der Waals surface area contributed by atoms with Crippen LogP contribution in [0, 0.1) is 0 Å². The zero-order valence-electron chi connectivity index (χ0n) is 14.4. The summed E-state index contributed by atoms with van der Waals surface area (Å²) in [5, 5.41) is 4.62. The summed E-state index contributed by atoms with van der Waals surface area (Å²) in [6, 6.07) is 15.9. The van der Waals surface area contributed by atoms with Crippen molar-refractivity contribution in [2.45, 2.75) is 12.5 Å². The summed E-state index contributed by atoms with van der Waals surface area (Å²) < 4.78 is 0.483. The second kappa shape index (κ2) is 6.48. The zero-order valence-corrected chi connectivity index (χ0v) is 15.9. The van der Waals surface area contributed by atoms with E-state index < -0.39 is 17.5 Å². The Labute approximate surface area is 164 Å². The van der Waals surface area contributed by atoms with E-state index in [0.717, 1.165) is 27.0 Å². The van der Waals surface area contributed by atoms with Gasteiger partial charge in [0.15, 0.2) is 5.78 Å². The molecule has 0 radical (unpaired) electrons. The first kappa shape index (κ1) is 17.7. The number of Topliss-reactive ketones (excluding diaryl/α,β-unsaturated/α-hetero) is 1. The first-order valence-electron chi connectivity index (χ1n) is 8.31. The highest BCUT2D eigenvalue weighted by Gasteiger charge is 2.50. The van der Waals surface area contributed by atoms with Crippen molar-refractivity contribution in [2.75, 3.05) is 6.54 Å². The molecule has 3 aromatic rings. The summed E-state index contributed by atoms with van der Waals surface area (Å²) in [7, 11) is 0. The molecule has 1 aromatic heterocycles. The first-order chi connectivity index (χ1) is 12.9. The Kier molecular flexibility index (Phi) is 4.25. The van der Waals surface area contributed by atoms with Crippen LogP contribution in [0.3, 0.4) is 0 Å². The van der Waals surface area contributed by atoms with E-state index in [9.17, 15) is 14.4 Å². The molecule has 5 nitrogen and oxygen atoms in total. The van der Waals surface area contributed by atoms with Crippen LogP contribution in [0.4, 0.5) is 4.79 Å². The quantitative estimate of drug-likeness (QED) is 0.529. The molecule has 7 heteroatoms. The number of imide groups is 1. The summed E-state index contributed by atoms with van der Waals surface area (Å²) in [5.41, 5.74) is -0.529. The van der Waals surface area contributed by atoms with Gasteiger partial charge in [0.1, 0.15) is 5.54 Å². The number of carbonyl (C=O) groups is 3. The van der Waals surface area contributed by atoms with Gasteiger partial charge in [-0.25, -0.2) is 4.79 Å². The van der Waals surface area contributed by atoms with Crippen LogP contribution in [-0.4, -0.2) is 29.2 Å². The molecule has 1 N–H and O–H groups in total. The van der Waals surface area contributed by atoms with Crippen LogP contribution in [0.25, 0.3) is 10.8 Å². The minimum Gasteiger partial charge on any atom is -0.319 e. The maximum absolute atomic E-state index is 13.1. The number of amides is 3. The second-order valence-corrected chi connectivity index (χ2v) is 8.22. The molecule has 0 spiro atoms. The monoisotopic (exact) mass is 398 g/mol. The fourth-order valence-corrected chi connectivity index (χ4v) is 4.34. The van der Waals surface area contributed by atoms with Crippen molar-refractivity contribution in [1.82, 2.24) is 10.2 Å². The van der Waals surface area contributed by atoms with Gasteiger partial charge < -0.3 is 5.32 Å². The molecule has 27 heavy (non-hydrogen) atoms. The van der Waals surface area contributed by atoms with Crippen LogP contribution in [0.5, 0.6) is 0 Å². The highest BCUT2D eigenvalue weighted by molar-refractivity contribution is 7.18. The van der Waals surface area contributed by atoms with Gasteiger partial charge in [-0.05, 0) is 35.4 Å². The summed E-state index contributed by atoms with van der Waals surface area (Å²) in [6.45, 7) is 1.35. The van der Waals surface area contributed by atoms with E-state index in [1.54, 1.807) is 19.1 Å². The van der Waals surface area contributed by atoms with Gasteiger partial charge in [-0.15, -0.1) is 11.3 Å². The van der Waals surface area contributed by atoms with Crippen molar-refractivity contribution in [3.05, 3.63) is 69.4 Å². The van der Waals surface area contributed by atoms with Gasteiger partial charge >= 0.3 is 6.03 Å². The standard InChI is InChI=1S/C20H15ClN2O3S/c1-20(14-8-4-6-12-5-2-3-7-13(12)14)18(25)23(19(26)22-20)11-15(24)16-9-10-17(21)27-16/h2-10H,11H2,1H3,(H,22,26). The molecule has 1 aliphatic heterocycles. The average Bonchev–Trinajstić information content (AvgIpc) is 3.19. The Morgan fingerprint density at radius 3 is 2.59 bits per heavy atom. The number of benzene rings is 2. The minimum atomic E-state index is -1.23. The zero-order chi connectivity index (χ0) is 19.2. The Hall–Kier alpha value is -2.70. The molecule has 1 fully saturated rings. The highest BCUT2D eigenvalue weighted by Crippen LogP contribution is 2.34. The second-order valence-electron chi connectivity index (χ2n) is 6.50. The molecule has 4 rings (SSSR count). The number of carbonyl (C=O) groups excluding carboxylic acids is 3. The first-order valence-corrected chi connectivity index (χ1v) is 9.50. The van der Waals surface area contributed by atoms with Crippen LogP contribution >= 0.6 is 22.9 Å². The van der Waals surface area contributed by atoms with Crippen molar-refractivity contribution in [3.8, 4) is 0 Å². The molecule has 1 unspecified atom stereocenters. The van der Waals surface area contributed by atoms with Gasteiger partial charge in [-0.3, -0.25) is 14.5 Å². The highest BCUT2D eigenvalue weighted by atomic mass is 35.5. The lowest BCUT2D eigenvalue weighted by Crippen LogP contribution is -2.41. The largest absolute Gasteiger partial charge is 0.325 e. The van der Waals surface area contributed by atoms with Crippen LogP contribution < -0.4 is 5.32 Å². The summed E-state index contributed by atoms with van der Waals surface area (Å²) >= 11 is 6.99. The van der Waals surface area contributed by atoms with Crippen LogP contribution in [-0.2, 0) is 10.3 Å². The number of nitrogens with one attached hydrogen (secondary N) is 1. The number of hydrogen-bond donors (Lipinski definition) is 1. The minimum absolute atomic E-state index is 0.318. The molecule has 0 aliphatic carbocycles. The maximum Gasteiger partial charge on any atom is 0.325 e. The lowest BCUT2D eigenvalue weighted by Gasteiger charge is -2.24. The number of hydrogen-bond acceptors (Lipinski definition) is 4. The molecule has 2 heterocycles. The van der Waals surface area contributed by atoms with E-state index in [1.165, 1.54) is 0 Å². The third kappa shape index (κ3) is 2.91. The summed E-state index contributed by atoms with van der Waals surface area (Å²) in [5.74, 6) is -0.766. The van der Waals surface area contributed by atoms with E-state index in [4.69, 9.17) is 11.6 Å². The number of ketones is 1. The number of nitrogens with zero attached hydrogens (tertiary/aromatic N) is 1. The van der Waals surface area contributed by atoms with Gasteiger partial charge in [-0.1, -0.05) is 54.1 Å². The molecule has 1 atom stereocenters. The third-order valence-electron chi connectivity index (χ3n) is 4.75. The smallest absolute Gasteiger partial charge is 0.319 e. The van der Waals surface area contributed by atoms with Crippen molar-refractivity contribution in [2.24, 2.45) is 0 Å². The van der Waals surface area contributed by atoms with Gasteiger partial charge in [0, 0.05) is 0 Å². The summed E-state index contributed by atoms with van der Waals surface area (Å²) in [6.07, 6.45) is 0. The van der Waals surface area contributed by atoms with Gasteiger partial charge in [0.25, 0.3) is 5.91 Å². The average molecular weight is 399 g/mol. The Balaban J connectivity index is 1.68. The molecule has 136 valence electrons. The van der Waals surface area contributed by atoms with Crippen LogP contribution in [0.2, 0.25) is 4.34 Å². The predicted octanol–water partition coefficient (Wildman–Crippen LogP) is 4.20. The van der Waals surface area contributed by atoms with E-state index in [2.05, 4.69) is 5.32 Å². The molecule has 1 aliphatic rings.